The van der Waals surface area contributed by atoms with Crippen LogP contribution in [0.25, 0.3) is 0 Å². The zero-order valence-corrected chi connectivity index (χ0v) is 15.8. The van der Waals surface area contributed by atoms with E-state index in [1.54, 1.807) is 26.1 Å². The number of nitrogens with one attached hydrogen (secondary N) is 1. The summed E-state index contributed by atoms with van der Waals surface area (Å²) in [5.74, 6) is -0.575. The van der Waals surface area contributed by atoms with Crippen molar-refractivity contribution in [3.63, 3.8) is 0 Å². The maximum absolute atomic E-state index is 13.1. The summed E-state index contributed by atoms with van der Waals surface area (Å²) in [6.07, 6.45) is 0. The van der Waals surface area contributed by atoms with E-state index in [1.165, 1.54) is 49.4 Å². The van der Waals surface area contributed by atoms with E-state index in [1.807, 2.05) is 0 Å². The Balaban J connectivity index is 2.36. The van der Waals surface area contributed by atoms with Gasteiger partial charge in [-0.2, -0.15) is 0 Å². The molecule has 0 saturated heterocycles. The van der Waals surface area contributed by atoms with E-state index < -0.39 is 10.0 Å². The maximum Gasteiger partial charge on any atom is 0.254 e. The maximum atomic E-state index is 13.1. The summed E-state index contributed by atoms with van der Waals surface area (Å²) < 4.78 is 44.7. The number of nitrogens with zero attached hydrogens (tertiary/aromatic N) is 1. The first kappa shape index (κ1) is 19.9. The van der Waals surface area contributed by atoms with Crippen molar-refractivity contribution < 1.29 is 22.3 Å². The Morgan fingerprint density at radius 1 is 1.19 bits per heavy atom. The SMILES string of the molecule is CNS(=O)(=O)c1cc(C(=O)N(C)C(C)c2ccc(F)cc2)ccc1OC. The molecule has 0 fully saturated rings. The molecule has 0 radical (unpaired) electrons. The molecule has 8 heteroatoms. The van der Waals surface area contributed by atoms with Crippen LogP contribution in [0.5, 0.6) is 5.75 Å². The summed E-state index contributed by atoms with van der Waals surface area (Å²) in [7, 11) is 0.456. The molecule has 0 aliphatic heterocycles. The summed E-state index contributed by atoms with van der Waals surface area (Å²) >= 11 is 0. The molecule has 0 saturated carbocycles. The molecule has 1 N–H and O–H groups in total. The van der Waals surface area contributed by atoms with E-state index in [2.05, 4.69) is 4.72 Å². The molecule has 2 rings (SSSR count). The van der Waals surface area contributed by atoms with Gasteiger partial charge in [-0.05, 0) is 49.9 Å². The van der Waals surface area contributed by atoms with Gasteiger partial charge in [-0.25, -0.2) is 17.5 Å². The molecule has 140 valence electrons. The highest BCUT2D eigenvalue weighted by Crippen LogP contribution is 2.27. The number of hydrogen-bond donors (Lipinski definition) is 1. The number of methoxy groups -OCH3 is 1. The van der Waals surface area contributed by atoms with E-state index >= 15 is 0 Å². The number of hydrogen-bond acceptors (Lipinski definition) is 4. The van der Waals surface area contributed by atoms with Crippen molar-refractivity contribution in [3.05, 3.63) is 59.4 Å². The van der Waals surface area contributed by atoms with Gasteiger partial charge in [0.25, 0.3) is 5.91 Å². The van der Waals surface area contributed by atoms with Gasteiger partial charge in [0.15, 0.2) is 0 Å². The third kappa shape index (κ3) is 4.03. The molecule has 0 aromatic heterocycles. The van der Waals surface area contributed by atoms with Crippen molar-refractivity contribution in [1.82, 2.24) is 9.62 Å². The molecule has 1 atom stereocenters. The van der Waals surface area contributed by atoms with Gasteiger partial charge < -0.3 is 9.64 Å². The lowest BCUT2D eigenvalue weighted by atomic mass is 10.1. The summed E-state index contributed by atoms with van der Waals surface area (Å²) in [5.41, 5.74) is 0.968. The highest BCUT2D eigenvalue weighted by molar-refractivity contribution is 7.89. The number of amides is 1. The van der Waals surface area contributed by atoms with Crippen LogP contribution < -0.4 is 9.46 Å². The first-order valence-corrected chi connectivity index (χ1v) is 9.33. The Kier molecular flexibility index (Phi) is 5.99. The number of carbonyl (C=O) groups is 1. The van der Waals surface area contributed by atoms with E-state index in [0.717, 1.165) is 5.56 Å². The standard InChI is InChI=1S/C18H21FN2O4S/c1-12(13-5-8-15(19)9-6-13)21(3)18(22)14-7-10-16(25-4)17(11-14)26(23,24)20-2/h5-12,20H,1-4H3. The van der Waals surface area contributed by atoms with Gasteiger partial charge in [0.2, 0.25) is 10.0 Å². The lowest BCUT2D eigenvalue weighted by molar-refractivity contribution is 0.0742. The van der Waals surface area contributed by atoms with Crippen LogP contribution in [0.1, 0.15) is 28.9 Å². The summed E-state index contributed by atoms with van der Waals surface area (Å²) in [5, 5.41) is 0. The quantitative estimate of drug-likeness (QED) is 0.836. The summed E-state index contributed by atoms with van der Waals surface area (Å²) in [6, 6.07) is 9.76. The van der Waals surface area contributed by atoms with Crippen LogP contribution in [0.3, 0.4) is 0 Å². The number of halogens is 1. The predicted octanol–water partition coefficient (Wildman–Crippen LogP) is 2.58. The Morgan fingerprint density at radius 2 is 1.81 bits per heavy atom. The zero-order chi connectivity index (χ0) is 19.5. The first-order valence-electron chi connectivity index (χ1n) is 7.85. The molecule has 0 aliphatic carbocycles. The van der Waals surface area contributed by atoms with Crippen LogP contribution in [0.15, 0.2) is 47.4 Å². The van der Waals surface area contributed by atoms with Crippen LogP contribution in [0.2, 0.25) is 0 Å². The average molecular weight is 380 g/mol. The Labute approximate surface area is 152 Å². The zero-order valence-electron chi connectivity index (χ0n) is 15.0. The van der Waals surface area contributed by atoms with Crippen molar-refractivity contribution in [1.29, 1.82) is 0 Å². The lowest BCUT2D eigenvalue weighted by Crippen LogP contribution is -2.30. The normalized spacial score (nSPS) is 12.5. The lowest BCUT2D eigenvalue weighted by Gasteiger charge is -2.26. The van der Waals surface area contributed by atoms with E-state index in [-0.39, 0.29) is 34.0 Å². The van der Waals surface area contributed by atoms with E-state index in [9.17, 15) is 17.6 Å². The van der Waals surface area contributed by atoms with Gasteiger partial charge in [-0.3, -0.25) is 4.79 Å². The Hall–Kier alpha value is -2.45. The highest BCUT2D eigenvalue weighted by atomic mass is 32.2. The van der Waals surface area contributed by atoms with Crippen molar-refractivity contribution in [2.75, 3.05) is 21.2 Å². The fourth-order valence-corrected chi connectivity index (χ4v) is 3.39. The van der Waals surface area contributed by atoms with Gasteiger partial charge in [0.05, 0.1) is 13.2 Å². The van der Waals surface area contributed by atoms with Crippen LogP contribution in [-0.4, -0.2) is 40.4 Å². The minimum atomic E-state index is -3.79. The average Bonchev–Trinajstić information content (AvgIpc) is 2.66. The molecule has 0 bridgehead atoms. The number of sulfonamides is 1. The molecule has 0 heterocycles. The van der Waals surface area contributed by atoms with Crippen LogP contribution in [0, 0.1) is 5.82 Å². The number of carbonyl (C=O) groups excluding carboxylic acids is 1. The molecular weight excluding hydrogens is 359 g/mol. The number of benzene rings is 2. The largest absolute Gasteiger partial charge is 0.495 e. The highest BCUT2D eigenvalue weighted by Gasteiger charge is 2.23. The molecular formula is C18H21FN2O4S. The molecule has 2 aromatic carbocycles. The monoisotopic (exact) mass is 380 g/mol. The minimum absolute atomic E-state index is 0.115. The van der Waals surface area contributed by atoms with Gasteiger partial charge in [0, 0.05) is 12.6 Å². The Bertz CT molecular complexity index is 898. The van der Waals surface area contributed by atoms with E-state index in [0.29, 0.717) is 0 Å². The van der Waals surface area contributed by atoms with Crippen molar-refractivity contribution >= 4 is 15.9 Å². The van der Waals surface area contributed by atoms with E-state index in [4.69, 9.17) is 4.74 Å². The van der Waals surface area contributed by atoms with Crippen LogP contribution in [0.4, 0.5) is 4.39 Å². The topological polar surface area (TPSA) is 75.7 Å². The van der Waals surface area contributed by atoms with Crippen LogP contribution >= 0.6 is 0 Å². The third-order valence-corrected chi connectivity index (χ3v) is 5.66. The summed E-state index contributed by atoms with van der Waals surface area (Å²) in [4.78, 5) is 14.1. The van der Waals surface area contributed by atoms with Crippen LogP contribution in [-0.2, 0) is 10.0 Å². The molecule has 0 spiro atoms. The van der Waals surface area contributed by atoms with Gasteiger partial charge in [-0.1, -0.05) is 12.1 Å². The Morgan fingerprint density at radius 3 is 2.35 bits per heavy atom. The minimum Gasteiger partial charge on any atom is -0.495 e. The first-order chi connectivity index (χ1) is 12.2. The number of ether oxygens (including phenoxy) is 1. The summed E-state index contributed by atoms with van der Waals surface area (Å²) in [6.45, 7) is 1.81. The van der Waals surface area contributed by atoms with Gasteiger partial charge >= 0.3 is 0 Å². The molecule has 26 heavy (non-hydrogen) atoms. The smallest absolute Gasteiger partial charge is 0.254 e. The molecule has 1 amide bonds. The molecule has 1 unspecified atom stereocenters. The fourth-order valence-electron chi connectivity index (χ4n) is 2.47. The third-order valence-electron chi connectivity index (χ3n) is 4.22. The van der Waals surface area contributed by atoms with Gasteiger partial charge in [0.1, 0.15) is 16.5 Å². The second-order valence-corrected chi connectivity index (χ2v) is 7.57. The van der Waals surface area contributed by atoms with Crippen molar-refractivity contribution in [2.24, 2.45) is 0 Å². The van der Waals surface area contributed by atoms with Crippen molar-refractivity contribution in [3.8, 4) is 5.75 Å². The molecule has 2 aromatic rings. The molecule has 0 aliphatic rings. The predicted molar refractivity (Wildman–Crippen MR) is 96.1 cm³/mol. The number of rotatable bonds is 6. The van der Waals surface area contributed by atoms with Crippen molar-refractivity contribution in [2.45, 2.75) is 17.9 Å². The fraction of sp³-hybridized carbons (Fsp3) is 0.278. The second-order valence-electron chi connectivity index (χ2n) is 5.72. The second kappa shape index (κ2) is 7.84. The molecule has 6 nitrogen and oxygen atoms in total. The van der Waals surface area contributed by atoms with Gasteiger partial charge in [-0.15, -0.1) is 0 Å².